The highest BCUT2D eigenvalue weighted by molar-refractivity contribution is 7.99. The average molecular weight is 495 g/mol. The third-order valence-corrected chi connectivity index (χ3v) is 7.06. The van der Waals surface area contributed by atoms with Crippen molar-refractivity contribution < 1.29 is 24.1 Å². The normalized spacial score (nSPS) is 24.3. The first-order valence-corrected chi connectivity index (χ1v) is 13.0. The van der Waals surface area contributed by atoms with Crippen molar-refractivity contribution >= 4 is 11.8 Å². The molecule has 0 spiro atoms. The summed E-state index contributed by atoms with van der Waals surface area (Å²) in [6.45, 7) is 3.43. The van der Waals surface area contributed by atoms with Crippen LogP contribution in [0.15, 0.2) is 95.9 Å². The van der Waals surface area contributed by atoms with Crippen LogP contribution in [0.25, 0.3) is 0 Å². The highest BCUT2D eigenvalue weighted by atomic mass is 32.2. The molecule has 0 aliphatic carbocycles. The Morgan fingerprint density at radius 3 is 1.83 bits per heavy atom. The monoisotopic (exact) mass is 494 g/mol. The zero-order valence-corrected chi connectivity index (χ0v) is 20.9. The predicted molar refractivity (Wildman–Crippen MR) is 138 cm³/mol. The molecule has 35 heavy (non-hydrogen) atoms. The van der Waals surface area contributed by atoms with E-state index in [0.717, 1.165) is 16.0 Å². The zero-order valence-electron chi connectivity index (χ0n) is 20.1. The van der Waals surface area contributed by atoms with Crippen molar-refractivity contribution in [2.45, 2.75) is 61.3 Å². The quantitative estimate of drug-likeness (QED) is 0.337. The number of hydrogen-bond acceptors (Lipinski definition) is 6. The summed E-state index contributed by atoms with van der Waals surface area (Å²) in [5.74, 6) is 0. The maximum absolute atomic E-state index is 9.28. The predicted octanol–water partition coefficient (Wildman–Crippen LogP) is 5.46. The van der Waals surface area contributed by atoms with Gasteiger partial charge in [-0.3, -0.25) is 0 Å². The van der Waals surface area contributed by atoms with E-state index in [2.05, 4.69) is 36.4 Å². The highest BCUT2D eigenvalue weighted by Crippen LogP contribution is 2.37. The van der Waals surface area contributed by atoms with Gasteiger partial charge in [-0.25, -0.2) is 0 Å². The van der Waals surface area contributed by atoms with E-state index in [-0.39, 0.29) is 36.5 Å². The molecule has 1 heterocycles. The van der Waals surface area contributed by atoms with Gasteiger partial charge in [0.2, 0.25) is 0 Å². The fourth-order valence-electron chi connectivity index (χ4n) is 4.11. The number of rotatable bonds is 12. The lowest BCUT2D eigenvalue weighted by Gasteiger charge is -2.45. The topological polar surface area (TPSA) is 57.2 Å². The van der Waals surface area contributed by atoms with Gasteiger partial charge in [0, 0.05) is 18.1 Å². The molecule has 1 saturated heterocycles. The molecular formula is C29H34O5S. The molecule has 0 bridgehead atoms. The van der Waals surface area contributed by atoms with Gasteiger partial charge in [0.25, 0.3) is 0 Å². The maximum atomic E-state index is 9.28. The minimum atomic E-state index is -0.362. The molecule has 1 aliphatic heterocycles. The van der Waals surface area contributed by atoms with Crippen LogP contribution in [-0.4, -0.2) is 48.2 Å². The smallest absolute Gasteiger partial charge is 0.136 e. The van der Waals surface area contributed by atoms with Crippen LogP contribution >= 0.6 is 11.8 Å². The first-order valence-electron chi connectivity index (χ1n) is 12.2. The average Bonchev–Trinajstić information content (AvgIpc) is 2.90. The number of hydrogen-bond donors (Lipinski definition) is 1. The van der Waals surface area contributed by atoms with Gasteiger partial charge in [0.15, 0.2) is 0 Å². The summed E-state index contributed by atoms with van der Waals surface area (Å²) in [5, 5.41) is 9.28. The van der Waals surface area contributed by atoms with Crippen LogP contribution < -0.4 is 0 Å². The summed E-state index contributed by atoms with van der Waals surface area (Å²) in [4.78, 5) is 1.11. The number of thioether (sulfide) groups is 1. The van der Waals surface area contributed by atoms with E-state index in [0.29, 0.717) is 26.2 Å². The molecule has 1 N–H and O–H groups in total. The number of aliphatic hydroxyl groups is 1. The zero-order chi connectivity index (χ0) is 24.3. The molecule has 3 aromatic rings. The molecule has 0 aromatic heterocycles. The summed E-state index contributed by atoms with van der Waals surface area (Å²) in [6, 6.07) is 30.5. The summed E-state index contributed by atoms with van der Waals surface area (Å²) < 4.78 is 25.8. The van der Waals surface area contributed by atoms with Gasteiger partial charge in [0.1, 0.15) is 23.7 Å². The van der Waals surface area contributed by atoms with Crippen molar-refractivity contribution in [3.05, 3.63) is 102 Å². The van der Waals surface area contributed by atoms with E-state index in [9.17, 15) is 5.11 Å². The van der Waals surface area contributed by atoms with Gasteiger partial charge in [-0.2, -0.15) is 0 Å². The molecule has 186 valence electrons. The summed E-state index contributed by atoms with van der Waals surface area (Å²) in [7, 11) is 0. The van der Waals surface area contributed by atoms with Gasteiger partial charge in [0.05, 0.1) is 19.3 Å². The molecule has 5 atom stereocenters. The standard InChI is InChI=1S/C29H34O5S/c1-22-26(31-19-11-18-30)27(32-20-23-12-5-2-6-13-23)28(33-21-24-14-7-3-8-15-24)29(34-22)35-25-16-9-4-10-17-25/h2-10,12-17,22,26-30H,11,18-21H2,1H3/t22-,26-,27+,28-,29+/m1/s1. The van der Waals surface area contributed by atoms with E-state index in [1.165, 1.54) is 0 Å². The summed E-state index contributed by atoms with van der Waals surface area (Å²) in [5.41, 5.74) is 1.92. The molecule has 5 nitrogen and oxygen atoms in total. The number of benzene rings is 3. The van der Waals surface area contributed by atoms with Gasteiger partial charge >= 0.3 is 0 Å². The lowest BCUT2D eigenvalue weighted by Crippen LogP contribution is -2.58. The maximum Gasteiger partial charge on any atom is 0.136 e. The van der Waals surface area contributed by atoms with Crippen LogP contribution in [0.2, 0.25) is 0 Å². The molecule has 0 saturated carbocycles. The highest BCUT2D eigenvalue weighted by Gasteiger charge is 2.47. The molecular weight excluding hydrogens is 460 g/mol. The summed E-state index contributed by atoms with van der Waals surface area (Å²) >= 11 is 1.64. The van der Waals surface area contributed by atoms with Crippen LogP contribution in [0.4, 0.5) is 0 Å². The Morgan fingerprint density at radius 2 is 1.26 bits per heavy atom. The van der Waals surface area contributed by atoms with Crippen molar-refractivity contribution in [2.75, 3.05) is 13.2 Å². The second kappa shape index (κ2) is 13.8. The first-order chi connectivity index (χ1) is 17.2. The van der Waals surface area contributed by atoms with E-state index < -0.39 is 0 Å². The van der Waals surface area contributed by atoms with Crippen molar-refractivity contribution in [3.63, 3.8) is 0 Å². The Kier molecular flexibility index (Phi) is 10.2. The fraction of sp³-hybridized carbons (Fsp3) is 0.379. The molecule has 4 rings (SSSR count). The SMILES string of the molecule is C[C@H]1O[C@@H](Sc2ccccc2)[C@H](OCc2ccccc2)[C@@H](OCc2ccccc2)[C@@H]1OCCCO. The molecule has 1 aliphatic rings. The molecule has 1 fully saturated rings. The van der Waals surface area contributed by atoms with Crippen LogP contribution in [-0.2, 0) is 32.2 Å². The number of ether oxygens (including phenoxy) is 4. The minimum absolute atomic E-state index is 0.0813. The van der Waals surface area contributed by atoms with Crippen molar-refractivity contribution in [1.29, 1.82) is 0 Å². The van der Waals surface area contributed by atoms with E-state index in [4.69, 9.17) is 18.9 Å². The minimum Gasteiger partial charge on any atom is -0.396 e. The third-order valence-electron chi connectivity index (χ3n) is 5.91. The van der Waals surface area contributed by atoms with Crippen molar-refractivity contribution in [2.24, 2.45) is 0 Å². The van der Waals surface area contributed by atoms with Crippen LogP contribution in [0.3, 0.4) is 0 Å². The second-order valence-corrected chi connectivity index (χ2v) is 9.75. The van der Waals surface area contributed by atoms with E-state index in [1.54, 1.807) is 11.8 Å². The summed E-state index contributed by atoms with van der Waals surface area (Å²) in [6.07, 6.45) is -0.667. The molecule has 0 radical (unpaired) electrons. The largest absolute Gasteiger partial charge is 0.396 e. The first kappa shape index (κ1) is 25.9. The fourth-order valence-corrected chi connectivity index (χ4v) is 5.30. The van der Waals surface area contributed by atoms with Crippen LogP contribution in [0.1, 0.15) is 24.5 Å². The van der Waals surface area contributed by atoms with E-state index >= 15 is 0 Å². The Hall–Kier alpha value is -2.19. The lowest BCUT2D eigenvalue weighted by atomic mass is 9.99. The van der Waals surface area contributed by atoms with Crippen LogP contribution in [0, 0.1) is 0 Å². The van der Waals surface area contributed by atoms with Gasteiger partial charge in [-0.05, 0) is 36.6 Å². The molecule has 3 aromatic carbocycles. The van der Waals surface area contributed by atoms with Gasteiger partial charge in [-0.15, -0.1) is 0 Å². The van der Waals surface area contributed by atoms with Gasteiger partial charge in [-0.1, -0.05) is 90.6 Å². The Morgan fingerprint density at radius 1 is 0.714 bits per heavy atom. The number of aliphatic hydroxyl groups excluding tert-OH is 1. The van der Waals surface area contributed by atoms with Crippen molar-refractivity contribution in [1.82, 2.24) is 0 Å². The molecule has 6 heteroatoms. The second-order valence-electron chi connectivity index (χ2n) is 8.58. The Bertz CT molecular complexity index is 972. The Balaban J connectivity index is 1.58. The van der Waals surface area contributed by atoms with E-state index in [1.807, 2.05) is 61.5 Å². The lowest BCUT2D eigenvalue weighted by molar-refractivity contribution is -0.240. The molecule has 0 amide bonds. The third kappa shape index (κ3) is 7.64. The van der Waals surface area contributed by atoms with Crippen LogP contribution in [0.5, 0.6) is 0 Å². The van der Waals surface area contributed by atoms with Gasteiger partial charge < -0.3 is 24.1 Å². The Labute approximate surface area is 212 Å². The van der Waals surface area contributed by atoms with Crippen molar-refractivity contribution in [3.8, 4) is 0 Å². The molecule has 0 unspecified atom stereocenters.